The van der Waals surface area contributed by atoms with Crippen molar-refractivity contribution in [3.05, 3.63) is 35.9 Å². The minimum Gasteiger partial charge on any atom is -0.351 e. The summed E-state index contributed by atoms with van der Waals surface area (Å²) in [6.07, 6.45) is 9.47. The largest absolute Gasteiger partial charge is 0.351 e. The zero-order valence-corrected chi connectivity index (χ0v) is 11.5. The van der Waals surface area contributed by atoms with Crippen molar-refractivity contribution in [3.63, 3.8) is 0 Å². The summed E-state index contributed by atoms with van der Waals surface area (Å²) in [7, 11) is 0. The van der Waals surface area contributed by atoms with Gasteiger partial charge in [0.25, 0.3) is 5.91 Å². The molecule has 0 aromatic heterocycles. The van der Waals surface area contributed by atoms with E-state index in [0.717, 1.165) is 18.0 Å². The van der Waals surface area contributed by atoms with Crippen molar-refractivity contribution < 1.29 is 4.79 Å². The second kappa shape index (κ2) is 6.43. The van der Waals surface area contributed by atoms with Gasteiger partial charge in [-0.3, -0.25) is 4.79 Å². The molecule has 0 spiro atoms. The molecule has 20 heavy (non-hydrogen) atoms. The highest BCUT2D eigenvalue weighted by Gasteiger charge is 2.39. The van der Waals surface area contributed by atoms with Crippen LogP contribution in [-0.4, -0.2) is 12.5 Å². The first-order chi connectivity index (χ1) is 9.27. The maximum atomic E-state index is 12.1. The van der Waals surface area contributed by atoms with Gasteiger partial charge in [0.05, 0.1) is 0 Å². The predicted molar refractivity (Wildman–Crippen MR) is 83.7 cm³/mol. The Bertz CT molecular complexity index is 430. The highest BCUT2D eigenvalue weighted by Crippen LogP contribution is 2.48. The Labute approximate surface area is 123 Å². The fourth-order valence-electron chi connectivity index (χ4n) is 4.03. The van der Waals surface area contributed by atoms with Crippen molar-refractivity contribution in [2.75, 3.05) is 6.54 Å². The highest BCUT2D eigenvalue weighted by molar-refractivity contribution is 5.94. The first-order valence-corrected chi connectivity index (χ1v) is 7.61. The molecular formula is C18H27NO. The molecule has 2 bridgehead atoms. The fourth-order valence-corrected chi connectivity index (χ4v) is 4.03. The van der Waals surface area contributed by atoms with Gasteiger partial charge in [0.2, 0.25) is 0 Å². The Morgan fingerprint density at radius 2 is 1.80 bits per heavy atom. The van der Waals surface area contributed by atoms with Crippen LogP contribution in [0.4, 0.5) is 0 Å². The topological polar surface area (TPSA) is 29.1 Å². The van der Waals surface area contributed by atoms with E-state index >= 15 is 0 Å². The van der Waals surface area contributed by atoms with E-state index in [0.29, 0.717) is 5.41 Å². The standard InChI is InChI=1S/C17H23NO.CH4/c19-16(15-8-2-1-3-9-15)18-13-17-10-4-6-14(12-17)7-5-11-17;/h1-3,8-9,14H,4-7,10-13H2,(H,18,19);1H4. The summed E-state index contributed by atoms with van der Waals surface area (Å²) in [5.74, 6) is 1.01. The number of carbonyl (C=O) groups is 1. The van der Waals surface area contributed by atoms with Crippen LogP contribution in [0.1, 0.15) is 62.7 Å². The van der Waals surface area contributed by atoms with Gasteiger partial charge >= 0.3 is 0 Å². The van der Waals surface area contributed by atoms with E-state index in [2.05, 4.69) is 5.32 Å². The third-order valence-electron chi connectivity index (χ3n) is 5.02. The lowest BCUT2D eigenvalue weighted by atomic mass is 9.62. The van der Waals surface area contributed by atoms with Gasteiger partial charge in [-0.15, -0.1) is 0 Å². The Hall–Kier alpha value is -1.31. The van der Waals surface area contributed by atoms with E-state index in [1.54, 1.807) is 0 Å². The number of benzene rings is 1. The van der Waals surface area contributed by atoms with Crippen molar-refractivity contribution in [1.29, 1.82) is 0 Å². The molecule has 2 fully saturated rings. The molecule has 1 N–H and O–H groups in total. The number of amides is 1. The number of carbonyl (C=O) groups excluding carboxylic acids is 1. The van der Waals surface area contributed by atoms with E-state index in [4.69, 9.17) is 0 Å². The van der Waals surface area contributed by atoms with Gasteiger partial charge < -0.3 is 5.32 Å². The van der Waals surface area contributed by atoms with Crippen LogP contribution in [0.15, 0.2) is 30.3 Å². The molecule has 0 radical (unpaired) electrons. The molecule has 2 aliphatic carbocycles. The van der Waals surface area contributed by atoms with E-state index in [1.165, 1.54) is 44.9 Å². The van der Waals surface area contributed by atoms with Gasteiger partial charge in [0.1, 0.15) is 0 Å². The van der Waals surface area contributed by atoms with Crippen LogP contribution in [0.25, 0.3) is 0 Å². The molecular weight excluding hydrogens is 246 g/mol. The minimum absolute atomic E-state index is 0. The molecule has 1 amide bonds. The van der Waals surface area contributed by atoms with E-state index in [9.17, 15) is 4.79 Å². The van der Waals surface area contributed by atoms with E-state index in [-0.39, 0.29) is 13.3 Å². The number of hydrogen-bond donors (Lipinski definition) is 1. The van der Waals surface area contributed by atoms with Crippen molar-refractivity contribution in [1.82, 2.24) is 5.32 Å². The van der Waals surface area contributed by atoms with Gasteiger partial charge in [-0.25, -0.2) is 0 Å². The predicted octanol–water partition coefficient (Wildman–Crippen LogP) is 4.41. The van der Waals surface area contributed by atoms with Gasteiger partial charge in [0, 0.05) is 12.1 Å². The molecule has 2 nitrogen and oxygen atoms in total. The Kier molecular flexibility index (Phi) is 4.85. The van der Waals surface area contributed by atoms with Crippen molar-refractivity contribution >= 4 is 5.91 Å². The Balaban J connectivity index is 0.00000147. The third-order valence-corrected chi connectivity index (χ3v) is 5.02. The zero-order valence-electron chi connectivity index (χ0n) is 11.5. The summed E-state index contributed by atoms with van der Waals surface area (Å²) in [6, 6.07) is 9.56. The number of nitrogens with one attached hydrogen (secondary N) is 1. The second-order valence-electron chi connectivity index (χ2n) is 6.40. The Morgan fingerprint density at radius 1 is 1.15 bits per heavy atom. The van der Waals surface area contributed by atoms with E-state index in [1.807, 2.05) is 30.3 Å². The van der Waals surface area contributed by atoms with Crippen molar-refractivity contribution in [2.45, 2.75) is 52.4 Å². The first-order valence-electron chi connectivity index (χ1n) is 7.61. The average Bonchev–Trinajstić information content (AvgIpc) is 2.46. The van der Waals surface area contributed by atoms with Gasteiger partial charge in [-0.05, 0) is 42.7 Å². The van der Waals surface area contributed by atoms with Crippen LogP contribution in [-0.2, 0) is 0 Å². The minimum atomic E-state index is 0. The molecule has 0 aliphatic heterocycles. The van der Waals surface area contributed by atoms with Crippen LogP contribution in [0, 0.1) is 11.3 Å². The summed E-state index contributed by atoms with van der Waals surface area (Å²) in [5.41, 5.74) is 1.19. The molecule has 1 aromatic carbocycles. The summed E-state index contributed by atoms with van der Waals surface area (Å²) >= 11 is 0. The van der Waals surface area contributed by atoms with Gasteiger partial charge in [-0.2, -0.15) is 0 Å². The summed E-state index contributed by atoms with van der Waals surface area (Å²) in [4.78, 5) is 12.1. The maximum absolute atomic E-state index is 12.1. The zero-order chi connectivity index (χ0) is 13.1. The van der Waals surface area contributed by atoms with Crippen LogP contribution < -0.4 is 5.32 Å². The molecule has 2 saturated carbocycles. The molecule has 0 saturated heterocycles. The van der Waals surface area contributed by atoms with E-state index < -0.39 is 0 Å². The Morgan fingerprint density at radius 3 is 2.45 bits per heavy atom. The second-order valence-corrected chi connectivity index (χ2v) is 6.40. The lowest BCUT2D eigenvalue weighted by Gasteiger charge is -2.45. The summed E-state index contributed by atoms with van der Waals surface area (Å²) in [6.45, 7) is 0.872. The number of hydrogen-bond acceptors (Lipinski definition) is 1. The average molecular weight is 273 g/mol. The number of rotatable bonds is 3. The van der Waals surface area contributed by atoms with Crippen LogP contribution in [0.2, 0.25) is 0 Å². The summed E-state index contributed by atoms with van der Waals surface area (Å²) in [5, 5.41) is 3.18. The van der Waals surface area contributed by atoms with Gasteiger partial charge in [-0.1, -0.05) is 51.3 Å². The molecule has 3 rings (SSSR count). The number of fused-ring (bicyclic) bond motifs is 2. The molecule has 0 unspecified atom stereocenters. The normalized spacial score (nSPS) is 28.3. The van der Waals surface area contributed by atoms with Crippen molar-refractivity contribution in [2.24, 2.45) is 11.3 Å². The lowest BCUT2D eigenvalue weighted by Crippen LogP contribution is -2.42. The van der Waals surface area contributed by atoms with Crippen LogP contribution in [0.5, 0.6) is 0 Å². The molecule has 2 heteroatoms. The highest BCUT2D eigenvalue weighted by atomic mass is 16.1. The molecule has 0 atom stereocenters. The van der Waals surface area contributed by atoms with Gasteiger partial charge in [0.15, 0.2) is 0 Å². The SMILES string of the molecule is C.O=C(NCC12CCCC(CCC1)C2)c1ccccc1. The molecule has 110 valence electrons. The molecule has 1 aromatic rings. The maximum Gasteiger partial charge on any atom is 0.251 e. The smallest absolute Gasteiger partial charge is 0.251 e. The monoisotopic (exact) mass is 273 g/mol. The molecule has 0 heterocycles. The molecule has 2 aliphatic rings. The fraction of sp³-hybridized carbons (Fsp3) is 0.611. The first kappa shape index (κ1) is 15.1. The summed E-state index contributed by atoms with van der Waals surface area (Å²) < 4.78 is 0. The van der Waals surface area contributed by atoms with Crippen LogP contribution in [0.3, 0.4) is 0 Å². The quantitative estimate of drug-likeness (QED) is 0.868. The van der Waals surface area contributed by atoms with Crippen molar-refractivity contribution in [3.8, 4) is 0 Å². The third kappa shape index (κ3) is 3.23. The van der Waals surface area contributed by atoms with Crippen LogP contribution >= 0.6 is 0 Å². The lowest BCUT2D eigenvalue weighted by molar-refractivity contribution is 0.0681.